The molecule has 0 atom stereocenters. The fourth-order valence-electron chi connectivity index (χ4n) is 13.0. The van der Waals surface area contributed by atoms with Crippen LogP contribution < -0.4 is 0 Å². The van der Waals surface area contributed by atoms with E-state index in [1.807, 2.05) is 0 Å². The van der Waals surface area contributed by atoms with E-state index in [-0.39, 0.29) is 0 Å². The standard InChI is InChI=1S/C75H49N5/c1-5-25-56(26-6-1)75(57-41-44-70-64(49-57)63-33-13-16-36-69(63)78(70)58-27-7-2-8-28-58)65-47-52(50-21-19-23-54(45-50)73-76-67-34-14-17-37-71(67)79(73)59-29-9-3-10-30-59)39-42-61(65)62-43-40-53(48-66(62)75)51-22-20-24-55(46-51)74-77-68-35-15-18-38-72(68)80(74)60-31-11-4-12-32-60/h1-49H. The molecule has 374 valence electrons. The van der Waals surface area contributed by atoms with Crippen LogP contribution in [0.5, 0.6) is 0 Å². The van der Waals surface area contributed by atoms with Crippen molar-refractivity contribution in [2.24, 2.45) is 0 Å². The van der Waals surface area contributed by atoms with E-state index in [0.29, 0.717) is 0 Å². The SMILES string of the molecule is c1ccc(-n2c(-c3cccc(-c4ccc5c(c4)C(c4ccccc4)(c4ccc6c(c4)c4ccccc4n6-c4ccccc4)c4cc(-c6cccc(-c7nc8ccccc8n7-c7ccccc7)c6)ccc4-5)c3)nc3ccccc32)cc1. The minimum atomic E-state index is -0.736. The molecular weight excluding hydrogens is 971 g/mol. The first-order valence-electron chi connectivity index (χ1n) is 27.4. The zero-order valence-electron chi connectivity index (χ0n) is 43.5. The van der Waals surface area contributed by atoms with Gasteiger partial charge in [0.25, 0.3) is 0 Å². The van der Waals surface area contributed by atoms with Crippen LogP contribution in [0.25, 0.3) is 117 Å². The average Bonchev–Trinajstić information content (AvgIpc) is 3.89. The molecule has 0 fully saturated rings. The second kappa shape index (κ2) is 18.3. The Morgan fingerprint density at radius 3 is 1.19 bits per heavy atom. The van der Waals surface area contributed by atoms with E-state index in [9.17, 15) is 0 Å². The molecule has 1 aliphatic rings. The van der Waals surface area contributed by atoms with Crippen LogP contribution in [-0.4, -0.2) is 23.7 Å². The van der Waals surface area contributed by atoms with Gasteiger partial charge in [0, 0.05) is 39.0 Å². The van der Waals surface area contributed by atoms with Gasteiger partial charge in [-0.05, 0) is 159 Å². The van der Waals surface area contributed by atoms with Crippen LogP contribution in [0.1, 0.15) is 22.3 Å². The predicted molar refractivity (Wildman–Crippen MR) is 329 cm³/mol. The molecule has 0 spiro atoms. The molecule has 5 nitrogen and oxygen atoms in total. The van der Waals surface area contributed by atoms with E-state index in [4.69, 9.17) is 9.97 Å². The van der Waals surface area contributed by atoms with Crippen molar-refractivity contribution in [2.45, 2.75) is 5.41 Å². The van der Waals surface area contributed by atoms with Crippen LogP contribution in [0.2, 0.25) is 0 Å². The summed E-state index contributed by atoms with van der Waals surface area (Å²) in [4.78, 5) is 10.6. The van der Waals surface area contributed by atoms with Crippen molar-refractivity contribution in [3.8, 4) is 73.2 Å². The number of fused-ring (bicyclic) bond motifs is 8. The van der Waals surface area contributed by atoms with Crippen molar-refractivity contribution >= 4 is 43.9 Å². The Hall–Kier alpha value is -10.6. The molecule has 15 aromatic rings. The third-order valence-corrected chi connectivity index (χ3v) is 16.5. The zero-order valence-corrected chi connectivity index (χ0v) is 43.5. The van der Waals surface area contributed by atoms with Gasteiger partial charge in [-0.15, -0.1) is 0 Å². The Morgan fingerprint density at radius 2 is 0.662 bits per heavy atom. The van der Waals surface area contributed by atoms with E-state index >= 15 is 0 Å². The van der Waals surface area contributed by atoms with Crippen LogP contribution in [0.4, 0.5) is 0 Å². The highest BCUT2D eigenvalue weighted by Gasteiger charge is 2.47. The van der Waals surface area contributed by atoms with Crippen molar-refractivity contribution in [1.29, 1.82) is 0 Å². The largest absolute Gasteiger partial charge is 0.309 e. The molecule has 12 aromatic carbocycles. The number of hydrogen-bond donors (Lipinski definition) is 0. The highest BCUT2D eigenvalue weighted by Crippen LogP contribution is 2.58. The summed E-state index contributed by atoms with van der Waals surface area (Å²) in [6.07, 6.45) is 0. The van der Waals surface area contributed by atoms with Gasteiger partial charge < -0.3 is 4.57 Å². The maximum Gasteiger partial charge on any atom is 0.145 e. The van der Waals surface area contributed by atoms with Crippen molar-refractivity contribution in [2.75, 3.05) is 0 Å². The van der Waals surface area contributed by atoms with Crippen molar-refractivity contribution in [1.82, 2.24) is 23.7 Å². The summed E-state index contributed by atoms with van der Waals surface area (Å²) in [5.74, 6) is 1.81. The molecule has 5 heteroatoms. The average molecular weight is 1020 g/mol. The van der Waals surface area contributed by atoms with E-state index < -0.39 is 5.41 Å². The van der Waals surface area contributed by atoms with Crippen molar-refractivity contribution in [3.63, 3.8) is 0 Å². The quantitative estimate of drug-likeness (QED) is 0.145. The smallest absolute Gasteiger partial charge is 0.145 e. The van der Waals surface area contributed by atoms with Gasteiger partial charge in [-0.25, -0.2) is 9.97 Å². The molecule has 0 unspecified atom stereocenters. The molecule has 80 heavy (non-hydrogen) atoms. The summed E-state index contributed by atoms with van der Waals surface area (Å²) in [5, 5.41) is 2.43. The van der Waals surface area contributed by atoms with Gasteiger partial charge in [0.05, 0.1) is 38.5 Å². The zero-order chi connectivity index (χ0) is 52.7. The second-order valence-corrected chi connectivity index (χ2v) is 20.9. The Morgan fingerprint density at radius 1 is 0.250 bits per heavy atom. The Bertz CT molecular complexity index is 4660. The maximum absolute atomic E-state index is 5.29. The highest BCUT2D eigenvalue weighted by molar-refractivity contribution is 6.10. The third-order valence-electron chi connectivity index (χ3n) is 16.5. The molecule has 1 aliphatic carbocycles. The monoisotopic (exact) mass is 1020 g/mol. The number of para-hydroxylation sites is 8. The summed E-state index contributed by atoms with van der Waals surface area (Å²) in [7, 11) is 0. The molecule has 0 radical (unpaired) electrons. The van der Waals surface area contributed by atoms with Gasteiger partial charge in [0.2, 0.25) is 0 Å². The molecule has 0 N–H and O–H groups in total. The summed E-state index contributed by atoms with van der Waals surface area (Å²) in [5.41, 5.74) is 22.9. The Kier molecular flexibility index (Phi) is 10.4. The molecule has 0 saturated heterocycles. The van der Waals surface area contributed by atoms with Gasteiger partial charge in [0.1, 0.15) is 11.6 Å². The number of rotatable bonds is 9. The lowest BCUT2D eigenvalue weighted by molar-refractivity contribution is 0.770. The van der Waals surface area contributed by atoms with Gasteiger partial charge >= 0.3 is 0 Å². The van der Waals surface area contributed by atoms with Gasteiger partial charge in [-0.3, -0.25) is 9.13 Å². The lowest BCUT2D eigenvalue weighted by Gasteiger charge is -2.34. The first kappa shape index (κ1) is 45.6. The van der Waals surface area contributed by atoms with Gasteiger partial charge in [-0.1, -0.05) is 194 Å². The van der Waals surface area contributed by atoms with Crippen LogP contribution in [0.3, 0.4) is 0 Å². The van der Waals surface area contributed by atoms with Gasteiger partial charge in [0.15, 0.2) is 0 Å². The fraction of sp³-hybridized carbons (Fsp3) is 0.0133. The third kappa shape index (κ3) is 7.04. The van der Waals surface area contributed by atoms with E-state index in [0.717, 1.165) is 84.2 Å². The van der Waals surface area contributed by atoms with Crippen LogP contribution >= 0.6 is 0 Å². The lowest BCUT2D eigenvalue weighted by atomic mass is 9.67. The number of aromatic nitrogens is 5. The summed E-state index contributed by atoms with van der Waals surface area (Å²) in [6.45, 7) is 0. The summed E-state index contributed by atoms with van der Waals surface area (Å²) < 4.78 is 6.98. The number of hydrogen-bond acceptors (Lipinski definition) is 2. The second-order valence-electron chi connectivity index (χ2n) is 20.9. The molecule has 3 heterocycles. The molecular formula is C75H49N5. The van der Waals surface area contributed by atoms with Crippen molar-refractivity contribution < 1.29 is 0 Å². The van der Waals surface area contributed by atoms with Crippen molar-refractivity contribution in [3.05, 3.63) is 320 Å². The normalized spacial score (nSPS) is 12.6. The maximum atomic E-state index is 5.29. The van der Waals surface area contributed by atoms with E-state index in [1.165, 1.54) is 55.2 Å². The molecule has 0 saturated carbocycles. The minimum Gasteiger partial charge on any atom is -0.309 e. The molecule has 0 aliphatic heterocycles. The molecule has 16 rings (SSSR count). The predicted octanol–water partition coefficient (Wildman–Crippen LogP) is 18.5. The van der Waals surface area contributed by atoms with Crippen LogP contribution in [-0.2, 0) is 5.41 Å². The lowest BCUT2D eigenvalue weighted by Crippen LogP contribution is -2.28. The minimum absolute atomic E-state index is 0.736. The topological polar surface area (TPSA) is 40.6 Å². The number of benzene rings is 12. The summed E-state index contributed by atoms with van der Waals surface area (Å²) in [6, 6.07) is 108. The van der Waals surface area contributed by atoms with Gasteiger partial charge in [-0.2, -0.15) is 0 Å². The van der Waals surface area contributed by atoms with Crippen LogP contribution in [0.15, 0.2) is 297 Å². The number of imidazole rings is 2. The molecule has 3 aromatic heterocycles. The molecule has 0 amide bonds. The Balaban J connectivity index is 0.923. The van der Waals surface area contributed by atoms with E-state index in [2.05, 4.69) is 311 Å². The molecule has 0 bridgehead atoms. The number of nitrogens with zero attached hydrogens (tertiary/aromatic N) is 5. The Labute approximate surface area is 463 Å². The first-order valence-corrected chi connectivity index (χ1v) is 27.4. The highest BCUT2D eigenvalue weighted by atomic mass is 15.1. The van der Waals surface area contributed by atoms with Crippen LogP contribution in [0, 0.1) is 0 Å². The fourth-order valence-corrected chi connectivity index (χ4v) is 13.0. The van der Waals surface area contributed by atoms with E-state index in [1.54, 1.807) is 0 Å². The first-order chi connectivity index (χ1) is 39.7. The summed E-state index contributed by atoms with van der Waals surface area (Å²) >= 11 is 0.